The number of carbonyl (C=O) groups is 2. The maximum Gasteiger partial charge on any atom is 0.333 e. The van der Waals surface area contributed by atoms with Gasteiger partial charge in [0, 0.05) is 25.6 Å². The first-order valence-corrected chi connectivity index (χ1v) is 12.5. The van der Waals surface area contributed by atoms with Gasteiger partial charge in [-0.2, -0.15) is 0 Å². The number of carbonyl (C=O) groups excluding carboxylic acids is 1. The fraction of sp³-hybridized carbons (Fsp3) is 0.310. The van der Waals surface area contributed by atoms with Gasteiger partial charge in [-0.05, 0) is 55.2 Å². The molecule has 2 N–H and O–H groups in total. The predicted octanol–water partition coefficient (Wildman–Crippen LogP) is 5.54. The van der Waals surface area contributed by atoms with E-state index in [-0.39, 0.29) is 25.3 Å². The normalized spacial score (nSPS) is 11.6. The van der Waals surface area contributed by atoms with Crippen LogP contribution in [-0.2, 0) is 22.4 Å². The largest absolute Gasteiger partial charge is 0.492 e. The Morgan fingerprint density at radius 1 is 0.974 bits per heavy atom. The summed E-state index contributed by atoms with van der Waals surface area (Å²) in [6.45, 7) is 2.87. The second-order valence-corrected chi connectivity index (χ2v) is 8.61. The molecule has 0 fully saturated rings. The molecule has 1 atom stereocenters. The predicted molar refractivity (Wildman–Crippen MR) is 140 cm³/mol. The van der Waals surface area contributed by atoms with E-state index in [0.717, 1.165) is 29.7 Å². The summed E-state index contributed by atoms with van der Waals surface area (Å²) in [4.78, 5) is 25.8. The van der Waals surface area contributed by atoms with Crippen LogP contribution in [0.15, 0.2) is 72.8 Å². The minimum atomic E-state index is -1.02. The molecular formula is C29H32F2N2O5. The summed E-state index contributed by atoms with van der Waals surface area (Å²) >= 11 is 0. The van der Waals surface area contributed by atoms with Crippen LogP contribution in [0.25, 0.3) is 0 Å². The van der Waals surface area contributed by atoms with Crippen molar-refractivity contribution in [2.75, 3.05) is 31.6 Å². The molecule has 7 nitrogen and oxygen atoms in total. The topological polar surface area (TPSA) is 88.1 Å². The lowest BCUT2D eigenvalue weighted by Gasteiger charge is -2.23. The van der Waals surface area contributed by atoms with Crippen molar-refractivity contribution in [2.24, 2.45) is 0 Å². The van der Waals surface area contributed by atoms with E-state index in [2.05, 4.69) is 5.32 Å². The summed E-state index contributed by atoms with van der Waals surface area (Å²) in [6.07, 6.45) is 0.763. The Morgan fingerprint density at radius 3 is 2.37 bits per heavy atom. The molecule has 0 radical (unpaired) electrons. The van der Waals surface area contributed by atoms with Crippen molar-refractivity contribution < 1.29 is 33.0 Å². The SMILES string of the molecule is CCOC(Cc1ccc(OCCN(CCCc2ccccc2)C(=O)Nc2ccc(F)cc2F)cc1)C(=O)O. The minimum absolute atomic E-state index is 0.104. The summed E-state index contributed by atoms with van der Waals surface area (Å²) < 4.78 is 38.4. The average molecular weight is 527 g/mol. The summed E-state index contributed by atoms with van der Waals surface area (Å²) in [6, 6.07) is 19.3. The van der Waals surface area contributed by atoms with Crippen LogP contribution in [0.5, 0.6) is 5.75 Å². The molecule has 0 saturated heterocycles. The first-order chi connectivity index (χ1) is 18.4. The van der Waals surface area contributed by atoms with Gasteiger partial charge in [0.2, 0.25) is 0 Å². The second kappa shape index (κ2) is 14.7. The molecule has 38 heavy (non-hydrogen) atoms. The zero-order valence-electron chi connectivity index (χ0n) is 21.2. The Kier molecular flexibility index (Phi) is 11.0. The Balaban J connectivity index is 1.58. The van der Waals surface area contributed by atoms with Crippen LogP contribution < -0.4 is 10.1 Å². The quantitative estimate of drug-likeness (QED) is 0.288. The number of hydrogen-bond acceptors (Lipinski definition) is 4. The lowest BCUT2D eigenvalue weighted by molar-refractivity contribution is -0.149. The Morgan fingerprint density at radius 2 is 1.71 bits per heavy atom. The molecule has 202 valence electrons. The number of hydrogen-bond donors (Lipinski definition) is 2. The molecule has 3 aromatic carbocycles. The van der Waals surface area contributed by atoms with Crippen LogP contribution in [-0.4, -0.2) is 54.4 Å². The maximum atomic E-state index is 14.1. The lowest BCUT2D eigenvalue weighted by Crippen LogP contribution is -2.39. The zero-order valence-corrected chi connectivity index (χ0v) is 21.2. The fourth-order valence-corrected chi connectivity index (χ4v) is 3.85. The number of anilines is 1. The van der Waals surface area contributed by atoms with E-state index in [9.17, 15) is 23.5 Å². The van der Waals surface area contributed by atoms with Crippen LogP contribution in [0.1, 0.15) is 24.5 Å². The maximum absolute atomic E-state index is 14.1. The van der Waals surface area contributed by atoms with Crippen LogP contribution in [0.4, 0.5) is 19.3 Å². The van der Waals surface area contributed by atoms with Gasteiger partial charge in [-0.15, -0.1) is 0 Å². The van der Waals surface area contributed by atoms with Crippen molar-refractivity contribution in [2.45, 2.75) is 32.3 Å². The first-order valence-electron chi connectivity index (χ1n) is 12.5. The number of halogens is 2. The Bertz CT molecular complexity index is 1180. The summed E-state index contributed by atoms with van der Waals surface area (Å²) in [7, 11) is 0. The van der Waals surface area contributed by atoms with E-state index in [1.54, 1.807) is 31.2 Å². The lowest BCUT2D eigenvalue weighted by atomic mass is 10.1. The van der Waals surface area contributed by atoms with Gasteiger partial charge in [0.05, 0.1) is 12.2 Å². The number of ether oxygens (including phenoxy) is 2. The molecule has 3 aromatic rings. The molecule has 0 saturated carbocycles. The van der Waals surface area contributed by atoms with E-state index >= 15 is 0 Å². The van der Waals surface area contributed by atoms with Crippen molar-refractivity contribution >= 4 is 17.7 Å². The Hall–Kier alpha value is -3.98. The van der Waals surface area contributed by atoms with E-state index in [0.29, 0.717) is 25.3 Å². The van der Waals surface area contributed by atoms with Gasteiger partial charge in [0.15, 0.2) is 6.10 Å². The van der Waals surface area contributed by atoms with Crippen molar-refractivity contribution in [3.8, 4) is 5.75 Å². The van der Waals surface area contributed by atoms with Crippen LogP contribution >= 0.6 is 0 Å². The van der Waals surface area contributed by atoms with E-state index in [4.69, 9.17) is 9.47 Å². The summed E-state index contributed by atoms with van der Waals surface area (Å²) in [5.41, 5.74) is 1.83. The number of aryl methyl sites for hydroxylation is 1. The molecule has 0 bridgehead atoms. The number of rotatable bonds is 14. The van der Waals surface area contributed by atoms with Gasteiger partial charge in [0.25, 0.3) is 0 Å². The van der Waals surface area contributed by atoms with Gasteiger partial charge in [-0.25, -0.2) is 18.4 Å². The second-order valence-electron chi connectivity index (χ2n) is 8.61. The smallest absolute Gasteiger partial charge is 0.333 e. The van der Waals surface area contributed by atoms with E-state index in [1.165, 1.54) is 11.0 Å². The number of amides is 2. The monoisotopic (exact) mass is 526 g/mol. The highest BCUT2D eigenvalue weighted by Crippen LogP contribution is 2.17. The number of urea groups is 1. The van der Waals surface area contributed by atoms with Gasteiger partial charge in [-0.1, -0.05) is 42.5 Å². The highest BCUT2D eigenvalue weighted by Gasteiger charge is 2.18. The van der Waals surface area contributed by atoms with Crippen LogP contribution in [0.3, 0.4) is 0 Å². The van der Waals surface area contributed by atoms with Gasteiger partial charge in [0.1, 0.15) is 24.0 Å². The number of nitrogens with one attached hydrogen (secondary N) is 1. The molecule has 9 heteroatoms. The third kappa shape index (κ3) is 9.15. The van der Waals surface area contributed by atoms with Crippen LogP contribution in [0, 0.1) is 11.6 Å². The van der Waals surface area contributed by atoms with Gasteiger partial charge < -0.3 is 24.8 Å². The van der Waals surface area contributed by atoms with Crippen molar-refractivity contribution in [3.63, 3.8) is 0 Å². The molecular weight excluding hydrogens is 494 g/mol. The number of aliphatic carboxylic acids is 1. The highest BCUT2D eigenvalue weighted by molar-refractivity contribution is 5.89. The third-order valence-corrected chi connectivity index (χ3v) is 5.81. The molecule has 0 aliphatic carbocycles. The minimum Gasteiger partial charge on any atom is -0.492 e. The van der Waals surface area contributed by atoms with Gasteiger partial charge >= 0.3 is 12.0 Å². The van der Waals surface area contributed by atoms with Crippen molar-refractivity contribution in [1.82, 2.24) is 4.90 Å². The van der Waals surface area contributed by atoms with E-state index < -0.39 is 29.7 Å². The van der Waals surface area contributed by atoms with Crippen molar-refractivity contribution in [3.05, 3.63) is 95.6 Å². The van der Waals surface area contributed by atoms with E-state index in [1.807, 2.05) is 30.3 Å². The molecule has 0 aliphatic rings. The fourth-order valence-electron chi connectivity index (χ4n) is 3.85. The summed E-state index contributed by atoms with van der Waals surface area (Å²) in [5.74, 6) is -2.03. The van der Waals surface area contributed by atoms with Crippen molar-refractivity contribution in [1.29, 1.82) is 0 Å². The summed E-state index contributed by atoms with van der Waals surface area (Å²) in [5, 5.41) is 11.8. The third-order valence-electron chi connectivity index (χ3n) is 5.81. The molecule has 3 rings (SSSR count). The number of nitrogens with zero attached hydrogens (tertiary/aromatic N) is 1. The Labute approximate surface area is 221 Å². The average Bonchev–Trinajstić information content (AvgIpc) is 2.90. The molecule has 0 heterocycles. The molecule has 2 amide bonds. The van der Waals surface area contributed by atoms with Crippen LogP contribution in [0.2, 0.25) is 0 Å². The first kappa shape index (κ1) is 28.6. The van der Waals surface area contributed by atoms with Gasteiger partial charge in [-0.3, -0.25) is 0 Å². The number of carboxylic acids is 1. The molecule has 0 aromatic heterocycles. The molecule has 0 aliphatic heterocycles. The number of benzene rings is 3. The molecule has 0 spiro atoms. The standard InChI is InChI=1S/C29H32F2N2O5/c1-2-37-27(28(34)35)19-22-10-13-24(14-11-22)38-18-17-33(16-6-9-21-7-4-3-5-8-21)29(36)32-26-15-12-23(30)20-25(26)31/h3-5,7-8,10-15,20,27H,2,6,9,16-19H2,1H3,(H,32,36)(H,34,35). The number of carboxylic acid groups (broad SMARTS) is 1. The molecule has 1 unspecified atom stereocenters. The highest BCUT2D eigenvalue weighted by atomic mass is 19.1. The zero-order chi connectivity index (χ0) is 27.3.